The van der Waals surface area contributed by atoms with Crippen LogP contribution in [0.4, 0.5) is 5.82 Å². The number of aromatic nitrogens is 2. The second-order valence-electron chi connectivity index (χ2n) is 2.77. The molecule has 0 amide bonds. The van der Waals surface area contributed by atoms with Gasteiger partial charge in [-0.2, -0.15) is 0 Å². The van der Waals surface area contributed by atoms with Gasteiger partial charge in [-0.05, 0) is 20.8 Å². The van der Waals surface area contributed by atoms with Crippen LogP contribution in [0.3, 0.4) is 0 Å². The third kappa shape index (κ3) is 2.08. The summed E-state index contributed by atoms with van der Waals surface area (Å²) in [4.78, 5) is 8.46. The predicted molar refractivity (Wildman–Crippen MR) is 52.2 cm³/mol. The number of ether oxygens (including phenoxy) is 1. The molecule has 13 heavy (non-hydrogen) atoms. The predicted octanol–water partition coefficient (Wildman–Crippen LogP) is 1.53. The summed E-state index contributed by atoms with van der Waals surface area (Å²) in [6.07, 6.45) is 0. The molecule has 4 nitrogen and oxygen atoms in total. The highest BCUT2D eigenvalue weighted by atomic mass is 16.5. The number of anilines is 1. The Hall–Kier alpha value is -1.32. The Bertz CT molecular complexity index is 299. The first-order valence-corrected chi connectivity index (χ1v) is 4.32. The molecule has 0 saturated heterocycles. The molecule has 0 bridgehead atoms. The first-order chi connectivity index (χ1) is 6.19. The van der Waals surface area contributed by atoms with E-state index in [1.165, 1.54) is 0 Å². The zero-order valence-electron chi connectivity index (χ0n) is 8.51. The molecule has 1 rings (SSSR count). The van der Waals surface area contributed by atoms with Gasteiger partial charge >= 0.3 is 0 Å². The maximum atomic E-state index is 5.20. The molecule has 0 atom stereocenters. The lowest BCUT2D eigenvalue weighted by molar-refractivity contribution is 0.408. The van der Waals surface area contributed by atoms with Crippen molar-refractivity contribution in [2.45, 2.75) is 20.8 Å². The van der Waals surface area contributed by atoms with Crippen molar-refractivity contribution in [2.75, 3.05) is 19.0 Å². The van der Waals surface area contributed by atoms with Crippen LogP contribution < -0.4 is 10.1 Å². The Kier molecular flexibility index (Phi) is 3.06. The summed E-state index contributed by atoms with van der Waals surface area (Å²) in [6.45, 7) is 6.63. The molecule has 0 aliphatic heterocycles. The van der Waals surface area contributed by atoms with E-state index in [-0.39, 0.29) is 0 Å². The van der Waals surface area contributed by atoms with Gasteiger partial charge in [0.05, 0.1) is 12.8 Å². The van der Waals surface area contributed by atoms with Crippen LogP contribution in [0.5, 0.6) is 5.75 Å². The van der Waals surface area contributed by atoms with Gasteiger partial charge in [-0.15, -0.1) is 0 Å². The average Bonchev–Trinajstić information content (AvgIpc) is 2.04. The fourth-order valence-corrected chi connectivity index (χ4v) is 1.23. The number of nitrogens with one attached hydrogen (secondary N) is 1. The second-order valence-corrected chi connectivity index (χ2v) is 2.77. The molecule has 0 spiro atoms. The molecule has 0 saturated carbocycles. The van der Waals surface area contributed by atoms with E-state index in [0.29, 0.717) is 0 Å². The molecule has 4 heteroatoms. The van der Waals surface area contributed by atoms with Gasteiger partial charge in [-0.25, -0.2) is 9.97 Å². The standard InChI is InChI=1S/C9H15N3O/c1-5-10-9-8(13-4)6(2)11-7(3)12-9/h5H2,1-4H3,(H,10,11,12). The average molecular weight is 181 g/mol. The quantitative estimate of drug-likeness (QED) is 0.768. The van der Waals surface area contributed by atoms with Crippen LogP contribution in [0, 0.1) is 13.8 Å². The summed E-state index contributed by atoms with van der Waals surface area (Å²) in [5.41, 5.74) is 0.867. The summed E-state index contributed by atoms with van der Waals surface area (Å²) in [7, 11) is 1.63. The van der Waals surface area contributed by atoms with Gasteiger partial charge in [0.1, 0.15) is 5.82 Å². The minimum absolute atomic E-state index is 0.729. The molecule has 0 fully saturated rings. The molecule has 1 N–H and O–H groups in total. The molecule has 0 aromatic carbocycles. The smallest absolute Gasteiger partial charge is 0.182 e. The van der Waals surface area contributed by atoms with Crippen molar-refractivity contribution in [1.29, 1.82) is 0 Å². The van der Waals surface area contributed by atoms with E-state index in [1.807, 2.05) is 20.8 Å². The van der Waals surface area contributed by atoms with Gasteiger partial charge < -0.3 is 10.1 Å². The molecule has 0 radical (unpaired) electrons. The van der Waals surface area contributed by atoms with Crippen molar-refractivity contribution < 1.29 is 4.74 Å². The highest BCUT2D eigenvalue weighted by Gasteiger charge is 2.08. The summed E-state index contributed by atoms with van der Waals surface area (Å²) in [5, 5.41) is 3.13. The van der Waals surface area contributed by atoms with Crippen LogP contribution in [0.2, 0.25) is 0 Å². The lowest BCUT2D eigenvalue weighted by Crippen LogP contribution is -2.06. The van der Waals surface area contributed by atoms with Crippen LogP contribution in [0.1, 0.15) is 18.4 Å². The van der Waals surface area contributed by atoms with Crippen molar-refractivity contribution in [3.8, 4) is 5.75 Å². The van der Waals surface area contributed by atoms with Crippen LogP contribution in [0.25, 0.3) is 0 Å². The molecular formula is C9H15N3O. The van der Waals surface area contributed by atoms with Crippen LogP contribution in [-0.2, 0) is 0 Å². The van der Waals surface area contributed by atoms with E-state index in [0.717, 1.165) is 29.6 Å². The van der Waals surface area contributed by atoms with Gasteiger partial charge in [0, 0.05) is 6.54 Å². The Balaban J connectivity index is 3.13. The minimum atomic E-state index is 0.729. The molecule has 1 aromatic rings. The fourth-order valence-electron chi connectivity index (χ4n) is 1.23. The summed E-state index contributed by atoms with van der Waals surface area (Å²) in [5.74, 6) is 2.26. The maximum absolute atomic E-state index is 5.20. The van der Waals surface area contributed by atoms with E-state index in [2.05, 4.69) is 15.3 Å². The Labute approximate surface area is 78.4 Å². The molecule has 1 aromatic heterocycles. The van der Waals surface area contributed by atoms with Gasteiger partial charge in [-0.1, -0.05) is 0 Å². The number of nitrogens with zero attached hydrogens (tertiary/aromatic N) is 2. The number of rotatable bonds is 3. The third-order valence-electron chi connectivity index (χ3n) is 1.70. The monoisotopic (exact) mass is 181 g/mol. The fraction of sp³-hybridized carbons (Fsp3) is 0.556. The first kappa shape index (κ1) is 9.77. The van der Waals surface area contributed by atoms with Crippen molar-refractivity contribution >= 4 is 5.82 Å². The summed E-state index contributed by atoms with van der Waals surface area (Å²) < 4.78 is 5.20. The van der Waals surface area contributed by atoms with E-state index in [4.69, 9.17) is 4.74 Å². The topological polar surface area (TPSA) is 47.0 Å². The molecular weight excluding hydrogens is 166 g/mol. The molecule has 0 aliphatic rings. The van der Waals surface area contributed by atoms with E-state index >= 15 is 0 Å². The van der Waals surface area contributed by atoms with E-state index in [9.17, 15) is 0 Å². The Morgan fingerprint density at radius 2 is 2.00 bits per heavy atom. The Morgan fingerprint density at radius 3 is 2.54 bits per heavy atom. The van der Waals surface area contributed by atoms with E-state index in [1.54, 1.807) is 7.11 Å². The van der Waals surface area contributed by atoms with Crippen LogP contribution in [-0.4, -0.2) is 23.6 Å². The van der Waals surface area contributed by atoms with Crippen molar-refractivity contribution in [1.82, 2.24) is 9.97 Å². The molecule has 0 aliphatic carbocycles. The van der Waals surface area contributed by atoms with E-state index < -0.39 is 0 Å². The zero-order valence-corrected chi connectivity index (χ0v) is 8.51. The van der Waals surface area contributed by atoms with Gasteiger partial charge in [0.15, 0.2) is 11.6 Å². The molecule has 1 heterocycles. The lowest BCUT2D eigenvalue weighted by atomic mass is 10.3. The minimum Gasteiger partial charge on any atom is -0.491 e. The summed E-state index contributed by atoms with van der Waals surface area (Å²) in [6, 6.07) is 0. The molecule has 0 unspecified atom stereocenters. The lowest BCUT2D eigenvalue weighted by Gasteiger charge is -2.10. The van der Waals surface area contributed by atoms with Gasteiger partial charge in [0.2, 0.25) is 0 Å². The number of hydrogen-bond donors (Lipinski definition) is 1. The van der Waals surface area contributed by atoms with Gasteiger partial charge in [-0.3, -0.25) is 0 Å². The third-order valence-corrected chi connectivity index (χ3v) is 1.70. The van der Waals surface area contributed by atoms with Crippen molar-refractivity contribution in [3.63, 3.8) is 0 Å². The number of hydrogen-bond acceptors (Lipinski definition) is 4. The van der Waals surface area contributed by atoms with Crippen LogP contribution in [0.15, 0.2) is 0 Å². The highest BCUT2D eigenvalue weighted by Crippen LogP contribution is 2.24. The Morgan fingerprint density at radius 1 is 1.31 bits per heavy atom. The molecule has 72 valence electrons. The summed E-state index contributed by atoms with van der Waals surface area (Å²) >= 11 is 0. The van der Waals surface area contributed by atoms with Crippen molar-refractivity contribution in [2.24, 2.45) is 0 Å². The second kappa shape index (κ2) is 4.07. The largest absolute Gasteiger partial charge is 0.491 e. The van der Waals surface area contributed by atoms with Crippen LogP contribution >= 0.6 is 0 Å². The zero-order chi connectivity index (χ0) is 9.84. The first-order valence-electron chi connectivity index (χ1n) is 4.32. The van der Waals surface area contributed by atoms with Crippen molar-refractivity contribution in [3.05, 3.63) is 11.5 Å². The van der Waals surface area contributed by atoms with Gasteiger partial charge in [0.25, 0.3) is 0 Å². The maximum Gasteiger partial charge on any atom is 0.182 e. The number of aryl methyl sites for hydroxylation is 2. The normalized spacial score (nSPS) is 9.85. The highest BCUT2D eigenvalue weighted by molar-refractivity contribution is 5.52. The number of methoxy groups -OCH3 is 1. The SMILES string of the molecule is CCNc1nc(C)nc(C)c1OC.